The zero-order valence-electron chi connectivity index (χ0n) is 11.8. The number of hydrogen-bond donors (Lipinski definition) is 1. The fraction of sp³-hybridized carbons (Fsp3) is 0.588. The van der Waals surface area contributed by atoms with Gasteiger partial charge in [-0.1, -0.05) is 25.0 Å². The predicted octanol–water partition coefficient (Wildman–Crippen LogP) is 2.59. The predicted molar refractivity (Wildman–Crippen MR) is 78.9 cm³/mol. The lowest BCUT2D eigenvalue weighted by molar-refractivity contribution is -0.134. The molecular weight excluding hydrogens is 248 g/mol. The molecule has 0 bridgehead atoms. The standard InChI is InChI=1S/C17H22N2O/c18-15-7-3-4-11-8-9-19(10-14(11)15)17(20)16-12-5-1-2-6-13(12)16/h3-4,7,12-13,16H,1-2,5-6,8-10,18H2. The van der Waals surface area contributed by atoms with Gasteiger partial charge in [-0.05, 0) is 48.3 Å². The summed E-state index contributed by atoms with van der Waals surface area (Å²) < 4.78 is 0. The summed E-state index contributed by atoms with van der Waals surface area (Å²) in [6.45, 7) is 1.59. The summed E-state index contributed by atoms with van der Waals surface area (Å²) in [5.74, 6) is 2.14. The van der Waals surface area contributed by atoms with Crippen molar-refractivity contribution in [3.63, 3.8) is 0 Å². The highest BCUT2D eigenvalue weighted by Gasteiger charge is 2.55. The maximum absolute atomic E-state index is 12.7. The summed E-state index contributed by atoms with van der Waals surface area (Å²) in [5.41, 5.74) is 9.41. The van der Waals surface area contributed by atoms with E-state index in [9.17, 15) is 4.79 Å². The molecule has 3 aliphatic rings. The Labute approximate surface area is 120 Å². The van der Waals surface area contributed by atoms with Gasteiger partial charge in [0, 0.05) is 24.7 Å². The van der Waals surface area contributed by atoms with Crippen molar-refractivity contribution in [2.75, 3.05) is 12.3 Å². The van der Waals surface area contributed by atoms with Crippen LogP contribution in [0.3, 0.4) is 0 Å². The zero-order valence-corrected chi connectivity index (χ0v) is 11.8. The lowest BCUT2D eigenvalue weighted by atomic mass is 9.97. The molecule has 1 heterocycles. The van der Waals surface area contributed by atoms with Crippen molar-refractivity contribution in [1.82, 2.24) is 4.90 Å². The molecule has 1 aromatic rings. The Bertz CT molecular complexity index is 542. The number of benzene rings is 1. The highest BCUT2D eigenvalue weighted by molar-refractivity contribution is 5.83. The van der Waals surface area contributed by atoms with Crippen LogP contribution in [0.5, 0.6) is 0 Å². The van der Waals surface area contributed by atoms with Crippen LogP contribution in [0.15, 0.2) is 18.2 Å². The molecule has 0 radical (unpaired) electrons. The number of nitrogens with two attached hydrogens (primary N) is 1. The fourth-order valence-electron chi connectivity index (χ4n) is 4.36. The number of nitrogens with zero attached hydrogens (tertiary/aromatic N) is 1. The molecule has 1 aliphatic heterocycles. The van der Waals surface area contributed by atoms with Crippen LogP contribution in [0, 0.1) is 17.8 Å². The van der Waals surface area contributed by atoms with Crippen LogP contribution in [0.4, 0.5) is 5.69 Å². The van der Waals surface area contributed by atoms with Gasteiger partial charge in [0.15, 0.2) is 0 Å². The van der Waals surface area contributed by atoms with Crippen molar-refractivity contribution < 1.29 is 4.79 Å². The highest BCUT2D eigenvalue weighted by Crippen LogP contribution is 2.56. The lowest BCUT2D eigenvalue weighted by Gasteiger charge is -2.30. The maximum atomic E-state index is 12.7. The van der Waals surface area contributed by atoms with Gasteiger partial charge in [0.05, 0.1) is 0 Å². The molecule has 2 fully saturated rings. The van der Waals surface area contributed by atoms with Crippen LogP contribution >= 0.6 is 0 Å². The minimum Gasteiger partial charge on any atom is -0.398 e. The van der Waals surface area contributed by atoms with Gasteiger partial charge in [0.25, 0.3) is 0 Å². The maximum Gasteiger partial charge on any atom is 0.226 e. The molecule has 0 spiro atoms. The minimum absolute atomic E-state index is 0.337. The Morgan fingerprint density at radius 1 is 1.20 bits per heavy atom. The molecule has 1 amide bonds. The second-order valence-corrected chi connectivity index (χ2v) is 6.63. The third-order valence-corrected chi connectivity index (χ3v) is 5.56. The normalized spacial score (nSPS) is 31.4. The van der Waals surface area contributed by atoms with Gasteiger partial charge >= 0.3 is 0 Å². The molecule has 2 saturated carbocycles. The van der Waals surface area contributed by atoms with E-state index in [1.54, 1.807) is 0 Å². The van der Waals surface area contributed by atoms with Gasteiger partial charge in [0.2, 0.25) is 5.91 Å². The number of amides is 1. The van der Waals surface area contributed by atoms with E-state index >= 15 is 0 Å². The first-order chi connectivity index (χ1) is 9.75. The Kier molecular flexibility index (Phi) is 2.76. The van der Waals surface area contributed by atoms with E-state index < -0.39 is 0 Å². The van der Waals surface area contributed by atoms with E-state index in [0.717, 1.165) is 25.2 Å². The zero-order chi connectivity index (χ0) is 13.7. The molecule has 4 rings (SSSR count). The van der Waals surface area contributed by atoms with Gasteiger partial charge in [-0.2, -0.15) is 0 Å². The van der Waals surface area contributed by atoms with E-state index in [0.29, 0.717) is 23.7 Å². The van der Waals surface area contributed by atoms with Crippen LogP contribution in [-0.2, 0) is 17.8 Å². The number of fused-ring (bicyclic) bond motifs is 2. The van der Waals surface area contributed by atoms with E-state index in [4.69, 9.17) is 5.73 Å². The number of hydrogen-bond acceptors (Lipinski definition) is 2. The minimum atomic E-state index is 0.337. The summed E-state index contributed by atoms with van der Waals surface area (Å²) in [6, 6.07) is 6.11. The van der Waals surface area contributed by atoms with E-state index in [1.165, 1.54) is 36.8 Å². The van der Waals surface area contributed by atoms with Crippen molar-refractivity contribution in [3.05, 3.63) is 29.3 Å². The van der Waals surface area contributed by atoms with Crippen LogP contribution in [0.2, 0.25) is 0 Å². The number of nitrogen functional groups attached to an aromatic ring is 1. The molecule has 1 aromatic carbocycles. The van der Waals surface area contributed by atoms with Crippen LogP contribution in [0.25, 0.3) is 0 Å². The Hall–Kier alpha value is -1.51. The van der Waals surface area contributed by atoms with Crippen molar-refractivity contribution in [3.8, 4) is 0 Å². The first kappa shape index (κ1) is 12.2. The number of rotatable bonds is 1. The molecule has 0 aromatic heterocycles. The SMILES string of the molecule is Nc1cccc2c1CN(C(=O)C1C3CCCCC31)CC2. The average Bonchev–Trinajstić information content (AvgIpc) is 3.21. The number of carbonyl (C=O) groups excluding carboxylic acids is 1. The van der Waals surface area contributed by atoms with Crippen molar-refractivity contribution in [2.45, 2.75) is 38.6 Å². The summed E-state index contributed by atoms with van der Waals surface area (Å²) in [4.78, 5) is 14.8. The largest absolute Gasteiger partial charge is 0.398 e. The topological polar surface area (TPSA) is 46.3 Å². The second kappa shape index (κ2) is 4.51. The molecule has 2 N–H and O–H groups in total. The fourth-order valence-corrected chi connectivity index (χ4v) is 4.36. The Morgan fingerprint density at radius 3 is 2.70 bits per heavy atom. The molecule has 3 nitrogen and oxygen atoms in total. The van der Waals surface area contributed by atoms with E-state index in [2.05, 4.69) is 11.0 Å². The highest BCUT2D eigenvalue weighted by atomic mass is 16.2. The Morgan fingerprint density at radius 2 is 1.95 bits per heavy atom. The van der Waals surface area contributed by atoms with Crippen molar-refractivity contribution >= 4 is 11.6 Å². The second-order valence-electron chi connectivity index (χ2n) is 6.63. The molecule has 2 atom stereocenters. The molecule has 2 aliphatic carbocycles. The number of anilines is 1. The first-order valence-corrected chi connectivity index (χ1v) is 7.91. The molecular formula is C17H22N2O. The van der Waals surface area contributed by atoms with Gasteiger partial charge in [-0.3, -0.25) is 4.79 Å². The van der Waals surface area contributed by atoms with Gasteiger partial charge in [-0.15, -0.1) is 0 Å². The smallest absolute Gasteiger partial charge is 0.226 e. The molecule has 3 heteroatoms. The van der Waals surface area contributed by atoms with Gasteiger partial charge in [-0.25, -0.2) is 0 Å². The summed E-state index contributed by atoms with van der Waals surface area (Å²) in [7, 11) is 0. The van der Waals surface area contributed by atoms with Gasteiger partial charge < -0.3 is 10.6 Å². The molecule has 106 valence electrons. The summed E-state index contributed by atoms with van der Waals surface area (Å²) >= 11 is 0. The van der Waals surface area contributed by atoms with Crippen LogP contribution in [-0.4, -0.2) is 17.4 Å². The number of carbonyl (C=O) groups is 1. The molecule has 20 heavy (non-hydrogen) atoms. The van der Waals surface area contributed by atoms with Crippen molar-refractivity contribution in [1.29, 1.82) is 0 Å². The van der Waals surface area contributed by atoms with Crippen molar-refractivity contribution in [2.24, 2.45) is 17.8 Å². The molecule has 2 unspecified atom stereocenters. The summed E-state index contributed by atoms with van der Waals surface area (Å²) in [5, 5.41) is 0. The van der Waals surface area contributed by atoms with Crippen LogP contribution in [0.1, 0.15) is 36.8 Å². The van der Waals surface area contributed by atoms with Crippen LogP contribution < -0.4 is 5.73 Å². The van der Waals surface area contributed by atoms with Gasteiger partial charge in [0.1, 0.15) is 0 Å². The molecule has 0 saturated heterocycles. The average molecular weight is 270 g/mol. The third kappa shape index (κ3) is 1.83. The lowest BCUT2D eigenvalue weighted by Crippen LogP contribution is -2.37. The van der Waals surface area contributed by atoms with E-state index in [1.807, 2.05) is 12.1 Å². The Balaban J connectivity index is 1.51. The first-order valence-electron chi connectivity index (χ1n) is 7.91. The quantitative estimate of drug-likeness (QED) is 0.797. The van der Waals surface area contributed by atoms with E-state index in [-0.39, 0.29) is 0 Å². The summed E-state index contributed by atoms with van der Waals surface area (Å²) in [6.07, 6.45) is 6.14. The third-order valence-electron chi connectivity index (χ3n) is 5.56. The monoisotopic (exact) mass is 270 g/mol.